The van der Waals surface area contributed by atoms with E-state index in [4.69, 9.17) is 9.05 Å². The van der Waals surface area contributed by atoms with Gasteiger partial charge < -0.3 is 19.8 Å². The summed E-state index contributed by atoms with van der Waals surface area (Å²) in [6.45, 7) is 4.82. The number of phosphoric acid groups is 1. The van der Waals surface area contributed by atoms with Crippen LogP contribution in [0.4, 0.5) is 0 Å². The Kier molecular flexibility index (Phi) is 40.6. The van der Waals surface area contributed by atoms with Gasteiger partial charge in [0.2, 0.25) is 5.91 Å². The van der Waals surface area contributed by atoms with E-state index in [0.29, 0.717) is 17.4 Å². The third-order valence-electron chi connectivity index (χ3n) is 11.2. The third kappa shape index (κ3) is 43.1. The van der Waals surface area contributed by atoms with E-state index < -0.39 is 20.0 Å². The molecule has 8 nitrogen and oxygen atoms in total. The highest BCUT2D eigenvalue weighted by molar-refractivity contribution is 7.47. The molecule has 0 saturated heterocycles. The Morgan fingerprint density at radius 3 is 1.33 bits per heavy atom. The molecule has 0 aromatic carbocycles. The molecular weight excluding hydrogens is 744 g/mol. The lowest BCUT2D eigenvalue weighted by Gasteiger charge is -2.25. The number of carbonyl (C=O) groups excluding carboxylic acids is 1. The summed E-state index contributed by atoms with van der Waals surface area (Å²) in [6, 6.07) is -0.842. The summed E-state index contributed by atoms with van der Waals surface area (Å²) in [6.07, 6.45) is 49.7. The molecule has 3 atom stereocenters. The van der Waals surface area contributed by atoms with Gasteiger partial charge in [0.05, 0.1) is 39.9 Å². The smallest absolute Gasteiger partial charge is 0.387 e. The van der Waals surface area contributed by atoms with Gasteiger partial charge >= 0.3 is 7.82 Å². The van der Waals surface area contributed by atoms with Crippen LogP contribution in [0, 0.1) is 0 Å². The van der Waals surface area contributed by atoms with Gasteiger partial charge in [-0.05, 0) is 44.9 Å². The molecule has 0 spiro atoms. The number of allylic oxidation sites excluding steroid dienone is 3. The maximum Gasteiger partial charge on any atom is 0.472 e. The molecular formula is C49H98N2O6P+. The Morgan fingerprint density at radius 1 is 0.569 bits per heavy atom. The molecule has 0 radical (unpaired) electrons. The minimum Gasteiger partial charge on any atom is -0.387 e. The van der Waals surface area contributed by atoms with Gasteiger partial charge in [0.15, 0.2) is 0 Å². The summed E-state index contributed by atoms with van der Waals surface area (Å²) in [5, 5.41) is 13.8. The van der Waals surface area contributed by atoms with Crippen molar-refractivity contribution in [2.75, 3.05) is 40.9 Å². The second-order valence-corrected chi connectivity index (χ2v) is 19.6. The maximum absolute atomic E-state index is 12.9. The number of phosphoric ester groups is 1. The Hall–Kier alpha value is -1.02. The largest absolute Gasteiger partial charge is 0.472 e. The van der Waals surface area contributed by atoms with Crippen molar-refractivity contribution in [1.82, 2.24) is 5.32 Å². The van der Waals surface area contributed by atoms with Crippen molar-refractivity contribution < 1.29 is 32.9 Å². The van der Waals surface area contributed by atoms with E-state index in [1.165, 1.54) is 173 Å². The molecule has 3 N–H and O–H groups in total. The molecule has 0 fully saturated rings. The summed E-state index contributed by atoms with van der Waals surface area (Å²) < 4.78 is 23.6. The maximum atomic E-state index is 12.9. The van der Waals surface area contributed by atoms with E-state index in [-0.39, 0.29) is 19.1 Å². The number of carbonyl (C=O) groups is 1. The molecule has 0 rings (SSSR count). The van der Waals surface area contributed by atoms with Gasteiger partial charge in [-0.15, -0.1) is 0 Å². The monoisotopic (exact) mass is 842 g/mol. The number of quaternary nitrogens is 1. The minimum absolute atomic E-state index is 0.0631. The van der Waals surface area contributed by atoms with Crippen molar-refractivity contribution in [1.29, 1.82) is 0 Å². The first-order valence-corrected chi connectivity index (χ1v) is 26.2. The summed E-state index contributed by atoms with van der Waals surface area (Å²) in [5.74, 6) is -0.176. The van der Waals surface area contributed by atoms with Crippen LogP contribution in [-0.4, -0.2) is 73.4 Å². The number of aliphatic hydroxyl groups excluding tert-OH is 1. The van der Waals surface area contributed by atoms with E-state index >= 15 is 0 Å². The second kappa shape index (κ2) is 41.3. The van der Waals surface area contributed by atoms with Crippen molar-refractivity contribution >= 4 is 13.7 Å². The SMILES string of the molecule is CCCCCCCCC=CCCCCCCCCCCCCCCCC(=O)NC(COP(=O)(O)OCC[N+](C)(C)C)C(O)C=CCCCCCCCCCCCCC. The van der Waals surface area contributed by atoms with Crippen LogP contribution in [0.5, 0.6) is 0 Å². The Labute approximate surface area is 360 Å². The van der Waals surface area contributed by atoms with Crippen LogP contribution >= 0.6 is 7.82 Å². The highest BCUT2D eigenvalue weighted by Crippen LogP contribution is 2.43. The summed E-state index contributed by atoms with van der Waals surface area (Å²) in [4.78, 5) is 23.2. The summed E-state index contributed by atoms with van der Waals surface area (Å²) in [5.41, 5.74) is 0. The number of nitrogens with zero attached hydrogens (tertiary/aromatic N) is 1. The number of aliphatic hydroxyl groups is 1. The average Bonchev–Trinajstić information content (AvgIpc) is 3.17. The molecule has 0 aromatic rings. The van der Waals surface area contributed by atoms with Crippen molar-refractivity contribution in [2.24, 2.45) is 0 Å². The van der Waals surface area contributed by atoms with Crippen LogP contribution in [0.3, 0.4) is 0 Å². The summed E-state index contributed by atoms with van der Waals surface area (Å²) in [7, 11) is 1.58. The number of hydrogen-bond donors (Lipinski definition) is 3. The predicted molar refractivity (Wildman–Crippen MR) is 249 cm³/mol. The molecule has 0 aliphatic rings. The Balaban J connectivity index is 4.23. The van der Waals surface area contributed by atoms with Gasteiger partial charge in [-0.2, -0.15) is 0 Å². The highest BCUT2D eigenvalue weighted by Gasteiger charge is 2.27. The molecule has 0 aliphatic heterocycles. The van der Waals surface area contributed by atoms with Crippen LogP contribution in [0.2, 0.25) is 0 Å². The molecule has 0 bridgehead atoms. The number of nitrogens with one attached hydrogen (secondary N) is 1. The van der Waals surface area contributed by atoms with E-state index in [0.717, 1.165) is 38.5 Å². The van der Waals surface area contributed by atoms with Crippen LogP contribution < -0.4 is 5.32 Å². The number of rotatable bonds is 45. The number of hydrogen-bond acceptors (Lipinski definition) is 5. The van der Waals surface area contributed by atoms with Crippen LogP contribution in [0.1, 0.15) is 232 Å². The molecule has 344 valence electrons. The molecule has 9 heteroatoms. The van der Waals surface area contributed by atoms with Crippen molar-refractivity contribution in [3.05, 3.63) is 24.3 Å². The number of amides is 1. The molecule has 0 aliphatic carbocycles. The van der Waals surface area contributed by atoms with Gasteiger partial charge in [0.1, 0.15) is 13.2 Å². The third-order valence-corrected chi connectivity index (χ3v) is 12.1. The predicted octanol–water partition coefficient (Wildman–Crippen LogP) is 14.1. The van der Waals surface area contributed by atoms with Crippen LogP contribution in [0.25, 0.3) is 0 Å². The zero-order valence-corrected chi connectivity index (χ0v) is 39.9. The number of unbranched alkanes of at least 4 members (excludes halogenated alkanes) is 30. The molecule has 1 amide bonds. The van der Waals surface area contributed by atoms with Crippen molar-refractivity contribution in [3.8, 4) is 0 Å². The lowest BCUT2D eigenvalue weighted by atomic mass is 10.0. The minimum atomic E-state index is -4.33. The number of likely N-dealkylation sites (N-methyl/N-ethyl adjacent to an activating group) is 1. The molecule has 3 unspecified atom stereocenters. The fourth-order valence-corrected chi connectivity index (χ4v) is 7.95. The average molecular weight is 842 g/mol. The van der Waals surface area contributed by atoms with Crippen molar-refractivity contribution in [2.45, 2.75) is 244 Å². The highest BCUT2D eigenvalue weighted by atomic mass is 31.2. The normalized spacial score (nSPS) is 14.4. The van der Waals surface area contributed by atoms with Gasteiger partial charge in [-0.3, -0.25) is 13.8 Å². The van der Waals surface area contributed by atoms with Gasteiger partial charge in [-0.1, -0.05) is 205 Å². The first-order valence-electron chi connectivity index (χ1n) is 24.7. The van der Waals surface area contributed by atoms with E-state index in [1.807, 2.05) is 27.2 Å². The fourth-order valence-electron chi connectivity index (χ4n) is 7.21. The zero-order valence-electron chi connectivity index (χ0n) is 39.0. The standard InChI is InChI=1S/C49H97N2O6P/c1-6-8-10-12-14-16-18-20-21-22-23-24-25-26-27-28-29-31-33-35-37-39-41-43-49(53)50-47(46-57-58(54,55)56-45-44-51(3,4)5)48(52)42-40-38-36-34-32-30-19-17-15-13-11-9-7-2/h20-21,40,42,47-48,52H,6-19,22-39,41,43-46H2,1-5H3,(H-,50,53,54,55)/p+1. The van der Waals surface area contributed by atoms with E-state index in [9.17, 15) is 19.4 Å². The van der Waals surface area contributed by atoms with E-state index in [2.05, 4.69) is 31.3 Å². The van der Waals surface area contributed by atoms with Crippen LogP contribution in [0.15, 0.2) is 24.3 Å². The quantitative estimate of drug-likeness (QED) is 0.0244. The van der Waals surface area contributed by atoms with Gasteiger partial charge in [-0.25, -0.2) is 4.57 Å². The van der Waals surface area contributed by atoms with Gasteiger partial charge in [0.25, 0.3) is 0 Å². The van der Waals surface area contributed by atoms with Crippen LogP contribution in [-0.2, 0) is 18.4 Å². The Bertz CT molecular complexity index is 1000. The molecule has 0 aromatic heterocycles. The molecule has 0 heterocycles. The summed E-state index contributed by atoms with van der Waals surface area (Å²) >= 11 is 0. The zero-order chi connectivity index (χ0) is 42.8. The second-order valence-electron chi connectivity index (χ2n) is 18.2. The first-order chi connectivity index (χ1) is 28.0. The Morgan fingerprint density at radius 2 is 0.931 bits per heavy atom. The van der Waals surface area contributed by atoms with E-state index in [1.54, 1.807) is 6.08 Å². The lowest BCUT2D eigenvalue weighted by Crippen LogP contribution is -2.45. The molecule has 58 heavy (non-hydrogen) atoms. The lowest BCUT2D eigenvalue weighted by molar-refractivity contribution is -0.870. The topological polar surface area (TPSA) is 105 Å². The van der Waals surface area contributed by atoms with Crippen molar-refractivity contribution in [3.63, 3.8) is 0 Å². The van der Waals surface area contributed by atoms with Gasteiger partial charge in [0, 0.05) is 6.42 Å². The molecule has 0 saturated carbocycles. The first kappa shape index (κ1) is 57.0. The fraction of sp³-hybridized carbons (Fsp3) is 0.898.